The van der Waals surface area contributed by atoms with Gasteiger partial charge in [0.25, 0.3) is 0 Å². The van der Waals surface area contributed by atoms with Gasteiger partial charge in [0, 0.05) is 0 Å². The van der Waals surface area contributed by atoms with Crippen LogP contribution in [-0.4, -0.2) is 0 Å². The molecule has 0 saturated carbocycles. The molecule has 100 valence electrons. The third kappa shape index (κ3) is 338. The molecular weight excluding hydrogens is 180 g/mol. The molecule has 0 atom stereocenters. The van der Waals surface area contributed by atoms with E-state index in [1.807, 2.05) is 6.92 Å². The molecule has 0 nitrogen and oxygen atoms in total. The van der Waals surface area contributed by atoms with Crippen LogP contribution in [0.5, 0.6) is 0 Å². The van der Waals surface area contributed by atoms with Crippen LogP contribution in [0.3, 0.4) is 0 Å². The summed E-state index contributed by atoms with van der Waals surface area (Å²) in [6.07, 6.45) is 8.62. The van der Waals surface area contributed by atoms with E-state index >= 15 is 0 Å². The van der Waals surface area contributed by atoms with Crippen molar-refractivity contribution in [1.82, 2.24) is 0 Å². The first-order chi connectivity index (χ1) is 4.33. The second-order valence-corrected chi connectivity index (χ2v) is 1.45. The van der Waals surface area contributed by atoms with Crippen LogP contribution in [0.25, 0.3) is 0 Å². The van der Waals surface area contributed by atoms with E-state index < -0.39 is 0 Å². The first-order valence-electron chi connectivity index (χ1n) is 3.18. The lowest BCUT2D eigenvalue weighted by Crippen LogP contribution is -1.43. The Labute approximate surface area is 103 Å². The average Bonchev–Trinajstić information content (AvgIpc) is 1.91. The predicted octanol–water partition coefficient (Wildman–Crippen LogP) is 7.15. The van der Waals surface area contributed by atoms with Crippen molar-refractivity contribution in [2.45, 2.75) is 64.8 Å². The first-order valence-corrected chi connectivity index (χ1v) is 3.18. The maximum absolute atomic E-state index is 3.36. The summed E-state index contributed by atoms with van der Waals surface area (Å²) in [4.78, 5) is 0. The van der Waals surface area contributed by atoms with Gasteiger partial charge in [-0.1, -0.05) is 88.9 Å². The minimum absolute atomic E-state index is 0. The third-order valence-electron chi connectivity index (χ3n) is 0.638. The highest BCUT2D eigenvalue weighted by molar-refractivity contribution is 4.88. The molecule has 0 N–H and O–H groups in total. The van der Waals surface area contributed by atoms with Crippen LogP contribution in [0.4, 0.5) is 0 Å². The Morgan fingerprint density at radius 3 is 1.07 bits per heavy atom. The summed E-state index contributed by atoms with van der Waals surface area (Å²) in [6, 6.07) is 0. The van der Waals surface area contributed by atoms with Gasteiger partial charge in [-0.3, -0.25) is 0 Å². The zero-order valence-electron chi connectivity index (χ0n) is 6.43. The topological polar surface area (TPSA) is 0 Å². The zero-order chi connectivity index (χ0) is 7.54. The molecule has 0 rings (SSSR count). The maximum Gasteiger partial charge on any atom is -0.0379 e. The van der Waals surface area contributed by atoms with Crippen molar-refractivity contribution in [3.8, 4) is 0 Å². The highest BCUT2D eigenvalue weighted by Gasteiger charge is 1.52. The van der Waals surface area contributed by atoms with Crippen molar-refractivity contribution in [3.05, 3.63) is 37.5 Å². The van der Waals surface area contributed by atoms with Gasteiger partial charge in [-0.2, -0.15) is 0 Å². The van der Waals surface area contributed by atoms with Crippen molar-refractivity contribution in [3.63, 3.8) is 0 Å². The minimum atomic E-state index is 0. The van der Waals surface area contributed by atoms with Crippen LogP contribution in [0, 0.1) is 0 Å². The lowest BCUT2D eigenvalue weighted by Gasteiger charge is -1.65. The van der Waals surface area contributed by atoms with Gasteiger partial charge in [-0.15, -0.1) is 0 Å². The fraction of sp³-hybridized carbons (Fsp3) is 0.600. The van der Waals surface area contributed by atoms with Crippen LogP contribution in [0.1, 0.15) is 64.8 Å². The molecule has 0 heteroatoms. The molecule has 0 aromatic carbocycles. The van der Waals surface area contributed by atoms with E-state index in [9.17, 15) is 0 Å². The second kappa shape index (κ2) is 111. The summed E-state index contributed by atoms with van der Waals surface area (Å²) < 4.78 is 0. The Morgan fingerprint density at radius 2 is 1.07 bits per heavy atom. The monoisotopic (exact) mass is 220 g/mol. The van der Waals surface area contributed by atoms with E-state index in [4.69, 9.17) is 0 Å². The maximum atomic E-state index is 3.36. The highest BCUT2D eigenvalue weighted by atomic mass is 13.6. The lowest BCUT2D eigenvalue weighted by molar-refractivity contribution is 1.22. The van der Waals surface area contributed by atoms with Crippen LogP contribution in [0.15, 0.2) is 37.5 Å². The number of allylic oxidation sites excluding steroid dienone is 4. The number of hydrogen-bond acceptors (Lipinski definition) is 0. The summed E-state index contributed by atoms with van der Waals surface area (Å²) in [5.41, 5.74) is 0. The Bertz CT molecular complexity index is 72.0. The molecule has 0 aromatic rings. The van der Waals surface area contributed by atoms with E-state index in [2.05, 4.69) is 32.2 Å². The van der Waals surface area contributed by atoms with Crippen LogP contribution >= 0.6 is 0 Å². The van der Waals surface area contributed by atoms with E-state index in [1.165, 1.54) is 0 Å². The normalized spacial score (nSPS) is 4.67. The van der Waals surface area contributed by atoms with Gasteiger partial charge in [0.1, 0.15) is 0 Å². The van der Waals surface area contributed by atoms with Crippen molar-refractivity contribution >= 4 is 0 Å². The van der Waals surface area contributed by atoms with Gasteiger partial charge < -0.3 is 0 Å². The second-order valence-electron chi connectivity index (χ2n) is 1.45. The SMILES string of the molecule is C.C.C.C.C.C.C=CC=C.CC=CCC. The Hall–Kier alpha value is -0.780. The highest BCUT2D eigenvalue weighted by Crippen LogP contribution is 1.73. The molecule has 0 radical (unpaired) electrons. The molecule has 0 aliphatic carbocycles. The van der Waals surface area contributed by atoms with Crippen molar-refractivity contribution in [1.29, 1.82) is 0 Å². The van der Waals surface area contributed by atoms with Gasteiger partial charge in [0.2, 0.25) is 0 Å². The lowest BCUT2D eigenvalue weighted by atomic mass is 10.4. The van der Waals surface area contributed by atoms with Gasteiger partial charge >= 0.3 is 0 Å². The van der Waals surface area contributed by atoms with Gasteiger partial charge in [0.15, 0.2) is 0 Å². The summed E-state index contributed by atoms with van der Waals surface area (Å²) in [6.45, 7) is 10.9. The summed E-state index contributed by atoms with van der Waals surface area (Å²) >= 11 is 0. The van der Waals surface area contributed by atoms with Crippen LogP contribution in [0.2, 0.25) is 0 Å². The molecule has 0 spiro atoms. The summed E-state index contributed by atoms with van der Waals surface area (Å²) in [7, 11) is 0. The Balaban J connectivity index is -0.00000000785. The zero-order valence-corrected chi connectivity index (χ0v) is 6.43. The Morgan fingerprint density at radius 1 is 0.800 bits per heavy atom. The standard InChI is InChI=1S/C5H10.C4H6.6CH4/c1-3-5-4-2;1-3-4-2;;;;;;/h3,5H,4H2,1-2H3;3-4H,1-2H2;6*1H4. The predicted molar refractivity (Wildman–Crippen MR) is 85.9 cm³/mol. The molecule has 0 unspecified atom stereocenters. The minimum Gasteiger partial charge on any atom is -0.0991 e. The largest absolute Gasteiger partial charge is 0.0991 e. The fourth-order valence-corrected chi connectivity index (χ4v) is 0.236. The van der Waals surface area contributed by atoms with Crippen molar-refractivity contribution < 1.29 is 0 Å². The molecule has 0 bridgehead atoms. The van der Waals surface area contributed by atoms with Crippen molar-refractivity contribution in [2.24, 2.45) is 0 Å². The molecule has 0 aliphatic heterocycles. The molecule has 0 saturated heterocycles. The van der Waals surface area contributed by atoms with Gasteiger partial charge in [0.05, 0.1) is 0 Å². The quantitative estimate of drug-likeness (QED) is 0.342. The molecule has 0 heterocycles. The smallest absolute Gasteiger partial charge is 0.0379 e. The number of rotatable bonds is 2. The molecule has 15 heavy (non-hydrogen) atoms. The van der Waals surface area contributed by atoms with E-state index in [0.717, 1.165) is 6.42 Å². The van der Waals surface area contributed by atoms with E-state index in [1.54, 1.807) is 12.2 Å². The van der Waals surface area contributed by atoms with Gasteiger partial charge in [-0.25, -0.2) is 0 Å². The van der Waals surface area contributed by atoms with Crippen LogP contribution < -0.4 is 0 Å². The average molecular weight is 220 g/mol. The molecule has 0 fully saturated rings. The summed E-state index contributed by atoms with van der Waals surface area (Å²) in [5.74, 6) is 0. The molecule has 0 aliphatic rings. The molecule has 0 aromatic heterocycles. The number of hydrogen-bond donors (Lipinski definition) is 0. The van der Waals surface area contributed by atoms with Crippen LogP contribution in [-0.2, 0) is 0 Å². The fourth-order valence-electron chi connectivity index (χ4n) is 0.236. The van der Waals surface area contributed by atoms with Gasteiger partial charge in [-0.05, 0) is 13.3 Å². The van der Waals surface area contributed by atoms with Crippen molar-refractivity contribution in [2.75, 3.05) is 0 Å². The Kier molecular flexibility index (Phi) is 475. The first kappa shape index (κ1) is 64.2. The third-order valence-corrected chi connectivity index (χ3v) is 0.638. The van der Waals surface area contributed by atoms with E-state index in [-0.39, 0.29) is 44.6 Å². The molecular formula is C15H40. The molecule has 0 amide bonds. The summed E-state index contributed by atoms with van der Waals surface area (Å²) in [5, 5.41) is 0. The van der Waals surface area contributed by atoms with E-state index in [0.29, 0.717) is 0 Å².